The van der Waals surface area contributed by atoms with Crippen LogP contribution < -0.4 is 11.5 Å². The van der Waals surface area contributed by atoms with E-state index < -0.39 is 0 Å². The first-order valence-electron chi connectivity index (χ1n) is 4.04. The van der Waals surface area contributed by atoms with E-state index in [1.54, 1.807) is 0 Å². The molecule has 0 aromatic carbocycles. The van der Waals surface area contributed by atoms with Crippen LogP contribution in [0.3, 0.4) is 0 Å². The van der Waals surface area contributed by atoms with Gasteiger partial charge in [-0.25, -0.2) is 0 Å². The molecule has 0 fully saturated rings. The Morgan fingerprint density at radius 1 is 1.55 bits per heavy atom. The summed E-state index contributed by atoms with van der Waals surface area (Å²) < 4.78 is 0. The first kappa shape index (κ1) is 10.7. The molecular weight excluding hydrogens is 136 g/mol. The van der Waals surface area contributed by atoms with E-state index >= 15 is 0 Å². The van der Waals surface area contributed by atoms with Gasteiger partial charge < -0.3 is 11.5 Å². The van der Waals surface area contributed by atoms with Crippen LogP contribution in [0, 0.1) is 5.41 Å². The molecule has 0 aromatic rings. The third-order valence-corrected chi connectivity index (χ3v) is 2.50. The van der Waals surface area contributed by atoms with Crippen molar-refractivity contribution in [1.82, 2.24) is 0 Å². The molecular formula is C9H20N2. The van der Waals surface area contributed by atoms with Crippen LogP contribution in [0.15, 0.2) is 12.2 Å². The molecule has 11 heavy (non-hydrogen) atoms. The van der Waals surface area contributed by atoms with E-state index in [4.69, 9.17) is 11.5 Å². The molecule has 0 heterocycles. The van der Waals surface area contributed by atoms with Crippen molar-refractivity contribution in [1.29, 1.82) is 0 Å². The van der Waals surface area contributed by atoms with Gasteiger partial charge in [0.1, 0.15) is 0 Å². The van der Waals surface area contributed by atoms with E-state index in [1.165, 1.54) is 0 Å². The van der Waals surface area contributed by atoms with Gasteiger partial charge in [0.25, 0.3) is 0 Å². The Labute approximate surface area is 69.6 Å². The fourth-order valence-electron chi connectivity index (χ4n) is 0.857. The lowest BCUT2D eigenvalue weighted by Gasteiger charge is -2.32. The lowest BCUT2D eigenvalue weighted by Crippen LogP contribution is -2.39. The molecule has 0 rings (SSSR count). The lowest BCUT2D eigenvalue weighted by atomic mass is 9.78. The first-order valence-corrected chi connectivity index (χ1v) is 4.04. The fraction of sp³-hybridized carbons (Fsp3) is 0.778. The number of rotatable bonds is 4. The van der Waals surface area contributed by atoms with Crippen molar-refractivity contribution >= 4 is 0 Å². The van der Waals surface area contributed by atoms with Gasteiger partial charge in [-0.15, -0.1) is 0 Å². The van der Waals surface area contributed by atoms with Crippen molar-refractivity contribution in [2.75, 3.05) is 6.54 Å². The van der Waals surface area contributed by atoms with Crippen LogP contribution in [-0.2, 0) is 0 Å². The summed E-state index contributed by atoms with van der Waals surface area (Å²) >= 11 is 0. The second-order valence-corrected chi connectivity index (χ2v) is 3.69. The minimum Gasteiger partial charge on any atom is -0.330 e. The maximum Gasteiger partial charge on any atom is 0.0139 e. The van der Waals surface area contributed by atoms with Crippen molar-refractivity contribution in [3.63, 3.8) is 0 Å². The number of hydrogen-bond acceptors (Lipinski definition) is 2. The van der Waals surface area contributed by atoms with E-state index in [9.17, 15) is 0 Å². The van der Waals surface area contributed by atoms with Crippen molar-refractivity contribution in [3.8, 4) is 0 Å². The van der Waals surface area contributed by atoms with Crippen molar-refractivity contribution in [3.05, 3.63) is 12.2 Å². The molecule has 0 bridgehead atoms. The van der Waals surface area contributed by atoms with Crippen molar-refractivity contribution in [2.24, 2.45) is 16.9 Å². The van der Waals surface area contributed by atoms with Crippen LogP contribution in [0.1, 0.15) is 27.2 Å². The third kappa shape index (κ3) is 2.64. The maximum absolute atomic E-state index is 5.92. The molecule has 1 atom stereocenters. The second-order valence-electron chi connectivity index (χ2n) is 3.69. The predicted octanol–water partition coefficient (Wildman–Crippen LogP) is 1.26. The number of nitrogens with two attached hydrogens (primary N) is 2. The van der Waals surface area contributed by atoms with Crippen molar-refractivity contribution in [2.45, 2.75) is 33.2 Å². The SMILES string of the molecule is C=C(C)C(C)(C)C(N)CCN. The number of hydrogen-bond donors (Lipinski definition) is 2. The molecule has 0 amide bonds. The second kappa shape index (κ2) is 3.88. The summed E-state index contributed by atoms with van der Waals surface area (Å²) in [6.07, 6.45) is 0.861. The molecule has 0 aliphatic heterocycles. The molecule has 0 saturated carbocycles. The molecule has 0 saturated heterocycles. The van der Waals surface area contributed by atoms with Crippen LogP contribution in [-0.4, -0.2) is 12.6 Å². The Bertz CT molecular complexity index is 138. The van der Waals surface area contributed by atoms with Gasteiger partial charge in [0.15, 0.2) is 0 Å². The Morgan fingerprint density at radius 3 is 2.27 bits per heavy atom. The molecule has 66 valence electrons. The molecule has 0 spiro atoms. The highest BCUT2D eigenvalue weighted by Crippen LogP contribution is 2.28. The topological polar surface area (TPSA) is 52.0 Å². The zero-order chi connectivity index (χ0) is 9.07. The monoisotopic (exact) mass is 156 g/mol. The quantitative estimate of drug-likeness (QED) is 0.602. The Morgan fingerprint density at radius 2 is 2.00 bits per heavy atom. The van der Waals surface area contributed by atoms with E-state index in [2.05, 4.69) is 20.4 Å². The van der Waals surface area contributed by atoms with E-state index in [0.29, 0.717) is 6.54 Å². The maximum atomic E-state index is 5.92. The highest BCUT2D eigenvalue weighted by Gasteiger charge is 2.26. The van der Waals surface area contributed by atoms with E-state index in [1.807, 2.05) is 6.92 Å². The lowest BCUT2D eigenvalue weighted by molar-refractivity contribution is 0.335. The van der Waals surface area contributed by atoms with Gasteiger partial charge >= 0.3 is 0 Å². The normalized spacial score (nSPS) is 14.6. The molecule has 0 aliphatic rings. The summed E-state index contributed by atoms with van der Waals surface area (Å²) in [6, 6.07) is 0.130. The fourth-order valence-corrected chi connectivity index (χ4v) is 0.857. The van der Waals surface area contributed by atoms with Gasteiger partial charge in [-0.2, -0.15) is 0 Å². The minimum atomic E-state index is 0.0133. The average Bonchev–Trinajstić information content (AvgIpc) is 1.88. The summed E-state index contributed by atoms with van der Waals surface area (Å²) in [5.41, 5.74) is 12.5. The van der Waals surface area contributed by atoms with Gasteiger partial charge in [-0.1, -0.05) is 26.0 Å². The summed E-state index contributed by atoms with van der Waals surface area (Å²) in [7, 11) is 0. The zero-order valence-electron chi connectivity index (χ0n) is 7.85. The highest BCUT2D eigenvalue weighted by molar-refractivity contribution is 5.07. The smallest absolute Gasteiger partial charge is 0.0139 e. The van der Waals surface area contributed by atoms with Gasteiger partial charge in [0.05, 0.1) is 0 Å². The van der Waals surface area contributed by atoms with Crippen LogP contribution in [0.25, 0.3) is 0 Å². The summed E-state index contributed by atoms with van der Waals surface area (Å²) in [5.74, 6) is 0. The standard InChI is InChI=1S/C9H20N2/c1-7(2)9(3,4)8(11)5-6-10/h8H,1,5-6,10-11H2,2-4H3. The largest absolute Gasteiger partial charge is 0.330 e. The predicted molar refractivity (Wildman–Crippen MR) is 50.2 cm³/mol. The van der Waals surface area contributed by atoms with E-state index in [0.717, 1.165) is 12.0 Å². The summed E-state index contributed by atoms with van der Waals surface area (Å²) in [5, 5.41) is 0. The van der Waals surface area contributed by atoms with Crippen molar-refractivity contribution < 1.29 is 0 Å². The highest BCUT2D eigenvalue weighted by atomic mass is 14.7. The molecule has 4 N–H and O–H groups in total. The van der Waals surface area contributed by atoms with Crippen LogP contribution >= 0.6 is 0 Å². The zero-order valence-corrected chi connectivity index (χ0v) is 7.85. The van der Waals surface area contributed by atoms with Crippen LogP contribution in [0.5, 0.6) is 0 Å². The average molecular weight is 156 g/mol. The molecule has 0 radical (unpaired) electrons. The molecule has 2 nitrogen and oxygen atoms in total. The minimum absolute atomic E-state index is 0.0133. The Kier molecular flexibility index (Phi) is 3.76. The van der Waals surface area contributed by atoms with Crippen LogP contribution in [0.2, 0.25) is 0 Å². The Hall–Kier alpha value is -0.340. The molecule has 0 aliphatic carbocycles. The molecule has 2 heteroatoms. The van der Waals surface area contributed by atoms with Gasteiger partial charge in [0.2, 0.25) is 0 Å². The first-order chi connectivity index (χ1) is 4.92. The van der Waals surface area contributed by atoms with Gasteiger partial charge in [0, 0.05) is 11.5 Å². The summed E-state index contributed by atoms with van der Waals surface area (Å²) in [6.45, 7) is 10.8. The Balaban J connectivity index is 4.17. The molecule has 1 unspecified atom stereocenters. The molecule has 0 aromatic heterocycles. The summed E-state index contributed by atoms with van der Waals surface area (Å²) in [4.78, 5) is 0. The third-order valence-electron chi connectivity index (χ3n) is 2.50. The van der Waals surface area contributed by atoms with Gasteiger partial charge in [-0.3, -0.25) is 0 Å². The van der Waals surface area contributed by atoms with E-state index in [-0.39, 0.29) is 11.5 Å². The van der Waals surface area contributed by atoms with Crippen LogP contribution in [0.4, 0.5) is 0 Å². The van der Waals surface area contributed by atoms with Gasteiger partial charge in [-0.05, 0) is 19.9 Å².